The van der Waals surface area contributed by atoms with Crippen molar-refractivity contribution in [3.63, 3.8) is 0 Å². The highest BCUT2D eigenvalue weighted by Crippen LogP contribution is 2.27. The van der Waals surface area contributed by atoms with E-state index in [9.17, 15) is 4.79 Å². The molecule has 0 aliphatic heterocycles. The third-order valence-electron chi connectivity index (χ3n) is 4.01. The Morgan fingerprint density at radius 3 is 2.95 bits per heavy atom. The van der Waals surface area contributed by atoms with Gasteiger partial charge >= 0.3 is 0 Å². The minimum atomic E-state index is 0.0887. The van der Waals surface area contributed by atoms with Crippen molar-refractivity contribution in [3.8, 4) is 0 Å². The number of hydrogen-bond acceptors (Lipinski definition) is 4. The van der Waals surface area contributed by atoms with Crippen LogP contribution in [0.3, 0.4) is 0 Å². The van der Waals surface area contributed by atoms with Crippen LogP contribution in [0.15, 0.2) is 18.2 Å². The molecule has 1 saturated carbocycles. The smallest absolute Gasteiger partial charge is 0.253 e. The van der Waals surface area contributed by atoms with Crippen LogP contribution in [0.2, 0.25) is 0 Å². The minimum Gasteiger partial charge on any atom is -0.375 e. The highest BCUT2D eigenvalue weighted by Gasteiger charge is 2.20. The number of thiazole rings is 1. The molecule has 2 N–H and O–H groups in total. The molecule has 1 heterocycles. The van der Waals surface area contributed by atoms with Gasteiger partial charge in [-0.05, 0) is 37.0 Å². The van der Waals surface area contributed by atoms with Crippen LogP contribution in [0.4, 0.5) is 5.13 Å². The molecule has 1 aliphatic rings. The van der Waals surface area contributed by atoms with E-state index in [0.29, 0.717) is 11.0 Å². The van der Waals surface area contributed by atoms with E-state index in [4.69, 9.17) is 5.73 Å². The van der Waals surface area contributed by atoms with Gasteiger partial charge in [0.15, 0.2) is 5.13 Å². The molecule has 4 nitrogen and oxygen atoms in total. The monoisotopic (exact) mass is 289 g/mol. The van der Waals surface area contributed by atoms with Gasteiger partial charge in [0.1, 0.15) is 0 Å². The SMILES string of the molecule is CN(CC1CCCC1)C(=O)c1ccc2nc(N)sc2c1. The van der Waals surface area contributed by atoms with E-state index in [1.807, 2.05) is 30.1 Å². The van der Waals surface area contributed by atoms with Gasteiger partial charge in [-0.2, -0.15) is 0 Å². The van der Waals surface area contributed by atoms with E-state index in [1.54, 1.807) is 0 Å². The zero-order valence-electron chi connectivity index (χ0n) is 11.6. The lowest BCUT2D eigenvalue weighted by molar-refractivity contribution is 0.0773. The molecule has 20 heavy (non-hydrogen) atoms. The Morgan fingerprint density at radius 2 is 2.20 bits per heavy atom. The molecule has 106 valence electrons. The number of aromatic nitrogens is 1. The number of anilines is 1. The lowest BCUT2D eigenvalue weighted by Crippen LogP contribution is -2.31. The largest absolute Gasteiger partial charge is 0.375 e. The number of benzene rings is 1. The zero-order valence-corrected chi connectivity index (χ0v) is 12.4. The van der Waals surface area contributed by atoms with Crippen LogP contribution < -0.4 is 5.73 Å². The van der Waals surface area contributed by atoms with Crippen molar-refractivity contribution in [2.24, 2.45) is 5.92 Å². The second kappa shape index (κ2) is 5.40. The van der Waals surface area contributed by atoms with Crippen molar-refractivity contribution < 1.29 is 4.79 Å². The summed E-state index contributed by atoms with van der Waals surface area (Å²) in [7, 11) is 1.89. The predicted molar refractivity (Wildman–Crippen MR) is 83.0 cm³/mol. The van der Waals surface area contributed by atoms with Gasteiger partial charge in [0, 0.05) is 19.2 Å². The van der Waals surface area contributed by atoms with Crippen molar-refractivity contribution in [1.29, 1.82) is 0 Å². The van der Waals surface area contributed by atoms with E-state index in [2.05, 4.69) is 4.98 Å². The Morgan fingerprint density at radius 1 is 1.45 bits per heavy atom. The summed E-state index contributed by atoms with van der Waals surface area (Å²) in [6.07, 6.45) is 5.11. The fraction of sp³-hybridized carbons (Fsp3) is 0.467. The average molecular weight is 289 g/mol. The molecule has 0 atom stereocenters. The molecule has 2 aromatic rings. The van der Waals surface area contributed by atoms with Gasteiger partial charge in [0.05, 0.1) is 10.2 Å². The van der Waals surface area contributed by atoms with Gasteiger partial charge in [-0.1, -0.05) is 24.2 Å². The summed E-state index contributed by atoms with van der Waals surface area (Å²) in [5.41, 5.74) is 7.28. The van der Waals surface area contributed by atoms with Crippen molar-refractivity contribution in [2.45, 2.75) is 25.7 Å². The van der Waals surface area contributed by atoms with Crippen molar-refractivity contribution in [1.82, 2.24) is 9.88 Å². The molecule has 1 amide bonds. The molecule has 0 bridgehead atoms. The number of nitrogens with two attached hydrogens (primary N) is 1. The van der Waals surface area contributed by atoms with Crippen LogP contribution in [0, 0.1) is 5.92 Å². The van der Waals surface area contributed by atoms with Crippen molar-refractivity contribution in [2.75, 3.05) is 19.3 Å². The summed E-state index contributed by atoms with van der Waals surface area (Å²) in [4.78, 5) is 18.5. The molecular formula is C15H19N3OS. The molecule has 0 radical (unpaired) electrons. The molecule has 5 heteroatoms. The summed E-state index contributed by atoms with van der Waals surface area (Å²) < 4.78 is 0.975. The van der Waals surface area contributed by atoms with Crippen LogP contribution in [-0.2, 0) is 0 Å². The predicted octanol–water partition coefficient (Wildman–Crippen LogP) is 3.14. The minimum absolute atomic E-state index is 0.0887. The fourth-order valence-electron chi connectivity index (χ4n) is 2.96. The Bertz CT molecular complexity index is 631. The Balaban J connectivity index is 1.76. The van der Waals surface area contributed by atoms with Crippen LogP contribution >= 0.6 is 11.3 Å². The lowest BCUT2D eigenvalue weighted by Gasteiger charge is -2.21. The maximum atomic E-state index is 12.5. The third kappa shape index (κ3) is 2.63. The molecular weight excluding hydrogens is 270 g/mol. The molecule has 1 aromatic heterocycles. The number of carbonyl (C=O) groups excluding carboxylic acids is 1. The van der Waals surface area contributed by atoms with Crippen LogP contribution in [0.25, 0.3) is 10.2 Å². The first-order chi connectivity index (χ1) is 9.63. The fourth-order valence-corrected chi connectivity index (χ4v) is 3.73. The molecule has 3 rings (SSSR count). The highest BCUT2D eigenvalue weighted by molar-refractivity contribution is 7.22. The Kier molecular flexibility index (Phi) is 3.61. The summed E-state index contributed by atoms with van der Waals surface area (Å²) in [5, 5.41) is 0.545. The number of carbonyl (C=O) groups is 1. The summed E-state index contributed by atoms with van der Waals surface area (Å²) >= 11 is 1.42. The summed E-state index contributed by atoms with van der Waals surface area (Å²) in [5.74, 6) is 0.762. The van der Waals surface area contributed by atoms with Gasteiger partial charge < -0.3 is 10.6 Å². The van der Waals surface area contributed by atoms with Crippen LogP contribution in [0.1, 0.15) is 36.0 Å². The molecule has 0 spiro atoms. The lowest BCUT2D eigenvalue weighted by atomic mass is 10.1. The average Bonchev–Trinajstić information content (AvgIpc) is 3.04. The Labute approximate surface area is 122 Å². The Hall–Kier alpha value is -1.62. The molecule has 1 aliphatic carbocycles. The van der Waals surface area contributed by atoms with E-state index >= 15 is 0 Å². The summed E-state index contributed by atoms with van der Waals surface area (Å²) in [6.45, 7) is 0.863. The number of amides is 1. The second-order valence-corrected chi connectivity index (χ2v) is 6.63. The maximum absolute atomic E-state index is 12.5. The second-order valence-electron chi connectivity index (χ2n) is 5.57. The summed E-state index contributed by atoms with van der Waals surface area (Å²) in [6, 6.07) is 5.62. The standard InChI is InChI=1S/C15H19N3OS/c1-18(9-10-4-2-3-5-10)14(19)11-6-7-12-13(8-11)20-15(16)17-12/h6-8,10H,2-5,9H2,1H3,(H2,16,17). The van der Waals surface area contributed by atoms with E-state index in [1.165, 1.54) is 37.0 Å². The van der Waals surface area contributed by atoms with Crippen LogP contribution in [0.5, 0.6) is 0 Å². The number of nitrogen functional groups attached to an aromatic ring is 1. The third-order valence-corrected chi connectivity index (χ3v) is 4.85. The first kappa shape index (κ1) is 13.4. The van der Waals surface area contributed by atoms with E-state index in [-0.39, 0.29) is 5.91 Å². The topological polar surface area (TPSA) is 59.2 Å². The normalized spacial score (nSPS) is 15.8. The maximum Gasteiger partial charge on any atom is 0.253 e. The highest BCUT2D eigenvalue weighted by atomic mass is 32.1. The quantitative estimate of drug-likeness (QED) is 0.944. The van der Waals surface area contributed by atoms with Gasteiger partial charge in [0.25, 0.3) is 5.91 Å². The molecule has 1 aromatic carbocycles. The molecule has 0 unspecified atom stereocenters. The number of hydrogen-bond donors (Lipinski definition) is 1. The first-order valence-electron chi connectivity index (χ1n) is 7.05. The number of nitrogens with zero attached hydrogens (tertiary/aromatic N) is 2. The van der Waals surface area contributed by atoms with Crippen molar-refractivity contribution in [3.05, 3.63) is 23.8 Å². The van der Waals surface area contributed by atoms with Crippen molar-refractivity contribution >= 4 is 32.6 Å². The number of rotatable bonds is 3. The number of fused-ring (bicyclic) bond motifs is 1. The van der Waals surface area contributed by atoms with Crippen LogP contribution in [-0.4, -0.2) is 29.4 Å². The van der Waals surface area contributed by atoms with Gasteiger partial charge in [0.2, 0.25) is 0 Å². The molecule has 0 saturated heterocycles. The van der Waals surface area contributed by atoms with Gasteiger partial charge in [-0.15, -0.1) is 0 Å². The zero-order chi connectivity index (χ0) is 14.1. The van der Waals surface area contributed by atoms with Gasteiger partial charge in [-0.25, -0.2) is 4.98 Å². The van der Waals surface area contributed by atoms with E-state index < -0.39 is 0 Å². The van der Waals surface area contributed by atoms with Gasteiger partial charge in [-0.3, -0.25) is 4.79 Å². The molecule has 1 fully saturated rings. The first-order valence-corrected chi connectivity index (χ1v) is 7.86. The van der Waals surface area contributed by atoms with E-state index in [0.717, 1.165) is 22.3 Å².